The number of aliphatic hydroxyl groups excluding tert-OH is 1. The van der Waals surface area contributed by atoms with E-state index in [0.717, 1.165) is 11.3 Å². The molecule has 5 nitrogen and oxygen atoms in total. The number of carbonyl (C=O) groups excluding carboxylic acids is 2. The van der Waals surface area contributed by atoms with Crippen molar-refractivity contribution in [1.29, 1.82) is 0 Å². The van der Waals surface area contributed by atoms with Crippen LogP contribution >= 0.6 is 0 Å². The molecule has 0 radical (unpaired) electrons. The molecule has 2 heterocycles. The maximum absolute atomic E-state index is 13.3. The van der Waals surface area contributed by atoms with E-state index < -0.39 is 17.7 Å². The molecular formula is C25H20F2N2O3. The van der Waals surface area contributed by atoms with Crippen LogP contribution in [0.25, 0.3) is 0 Å². The third kappa shape index (κ3) is 3.17. The van der Waals surface area contributed by atoms with Crippen molar-refractivity contribution in [3.8, 4) is 0 Å². The molecule has 3 atom stereocenters. The Labute approximate surface area is 183 Å². The summed E-state index contributed by atoms with van der Waals surface area (Å²) in [5, 5.41) is 10.1. The first-order chi connectivity index (χ1) is 15.5. The number of carbonyl (C=O) groups is 2. The van der Waals surface area contributed by atoms with Gasteiger partial charge in [0, 0.05) is 29.3 Å². The first-order valence-electron chi connectivity index (χ1n) is 10.3. The number of hydrogen-bond acceptors (Lipinski definition) is 3. The van der Waals surface area contributed by atoms with E-state index in [1.807, 2.05) is 24.3 Å². The van der Waals surface area contributed by atoms with Crippen LogP contribution in [0.1, 0.15) is 32.2 Å². The highest BCUT2D eigenvalue weighted by molar-refractivity contribution is 6.07. The fourth-order valence-electron chi connectivity index (χ4n) is 4.85. The average molecular weight is 434 g/mol. The van der Waals surface area contributed by atoms with E-state index in [9.17, 15) is 23.5 Å². The Morgan fingerprint density at radius 2 is 1.41 bits per heavy atom. The van der Waals surface area contributed by atoms with Crippen LogP contribution in [0.3, 0.4) is 0 Å². The molecule has 5 rings (SSSR count). The van der Waals surface area contributed by atoms with Gasteiger partial charge in [0.15, 0.2) is 0 Å². The number of para-hydroxylation sites is 1. The molecule has 1 saturated heterocycles. The Morgan fingerprint density at radius 3 is 2.00 bits per heavy atom. The lowest BCUT2D eigenvalue weighted by molar-refractivity contribution is -0.0246. The molecule has 3 aromatic rings. The molecule has 0 bridgehead atoms. The van der Waals surface area contributed by atoms with Crippen molar-refractivity contribution in [2.45, 2.75) is 18.0 Å². The van der Waals surface area contributed by atoms with Crippen molar-refractivity contribution in [2.75, 3.05) is 18.1 Å². The zero-order valence-electron chi connectivity index (χ0n) is 17.0. The number of hydrogen-bond donors (Lipinski definition) is 1. The topological polar surface area (TPSA) is 60.9 Å². The van der Waals surface area contributed by atoms with Crippen molar-refractivity contribution in [1.82, 2.24) is 4.90 Å². The number of fused-ring (bicyclic) bond motifs is 3. The summed E-state index contributed by atoms with van der Waals surface area (Å²) in [6.07, 6.45) is 0. The van der Waals surface area contributed by atoms with Gasteiger partial charge in [-0.05, 0) is 60.2 Å². The highest BCUT2D eigenvalue weighted by atomic mass is 19.1. The zero-order chi connectivity index (χ0) is 22.4. The molecule has 32 heavy (non-hydrogen) atoms. The van der Waals surface area contributed by atoms with E-state index >= 15 is 0 Å². The second kappa shape index (κ2) is 7.84. The van der Waals surface area contributed by atoms with Crippen LogP contribution < -0.4 is 4.90 Å². The summed E-state index contributed by atoms with van der Waals surface area (Å²) >= 11 is 0. The summed E-state index contributed by atoms with van der Waals surface area (Å²) in [7, 11) is 0. The Balaban J connectivity index is 1.52. The van der Waals surface area contributed by atoms with E-state index in [-0.39, 0.29) is 36.9 Å². The van der Waals surface area contributed by atoms with E-state index in [1.54, 1.807) is 9.80 Å². The maximum atomic E-state index is 13.3. The van der Waals surface area contributed by atoms with Crippen molar-refractivity contribution in [2.24, 2.45) is 0 Å². The van der Waals surface area contributed by atoms with E-state index in [2.05, 4.69) is 0 Å². The summed E-state index contributed by atoms with van der Waals surface area (Å²) in [6, 6.07) is 17.3. The molecular weight excluding hydrogens is 414 g/mol. The van der Waals surface area contributed by atoms with E-state index in [0.29, 0.717) is 11.1 Å². The number of anilines is 1. The fraction of sp³-hybridized carbons (Fsp3) is 0.200. The molecule has 7 heteroatoms. The second-order valence-electron chi connectivity index (χ2n) is 8.04. The smallest absolute Gasteiger partial charge is 0.258 e. The van der Waals surface area contributed by atoms with Crippen LogP contribution in [-0.2, 0) is 0 Å². The third-order valence-electron chi connectivity index (χ3n) is 6.35. The molecule has 0 saturated carbocycles. The summed E-state index contributed by atoms with van der Waals surface area (Å²) in [6.45, 7) is 0.00959. The second-order valence-corrected chi connectivity index (χ2v) is 8.04. The van der Waals surface area contributed by atoms with Gasteiger partial charge in [-0.15, -0.1) is 0 Å². The number of halogens is 2. The van der Waals surface area contributed by atoms with Gasteiger partial charge in [-0.2, -0.15) is 0 Å². The van der Waals surface area contributed by atoms with Gasteiger partial charge in [0.05, 0.1) is 18.7 Å². The van der Waals surface area contributed by atoms with Gasteiger partial charge in [-0.25, -0.2) is 8.78 Å². The largest absolute Gasteiger partial charge is 0.394 e. The van der Waals surface area contributed by atoms with Crippen molar-refractivity contribution in [3.05, 3.63) is 101 Å². The molecule has 1 fully saturated rings. The summed E-state index contributed by atoms with van der Waals surface area (Å²) in [4.78, 5) is 29.7. The number of amides is 2. The molecule has 0 aliphatic carbocycles. The van der Waals surface area contributed by atoms with Gasteiger partial charge in [-0.1, -0.05) is 18.2 Å². The Bertz CT molecular complexity index is 1180. The van der Waals surface area contributed by atoms with Crippen LogP contribution in [-0.4, -0.2) is 47.1 Å². The average Bonchev–Trinajstić information content (AvgIpc) is 2.80. The number of aliphatic hydroxyl groups is 1. The highest BCUT2D eigenvalue weighted by Gasteiger charge is 2.55. The monoisotopic (exact) mass is 434 g/mol. The van der Waals surface area contributed by atoms with E-state index in [4.69, 9.17) is 0 Å². The molecule has 0 spiro atoms. The lowest BCUT2D eigenvalue weighted by Gasteiger charge is -2.58. The quantitative estimate of drug-likeness (QED) is 0.685. The fourth-order valence-corrected chi connectivity index (χ4v) is 4.85. The van der Waals surface area contributed by atoms with E-state index in [1.165, 1.54) is 48.5 Å². The number of likely N-dealkylation sites (tertiary alicyclic amines) is 1. The number of benzene rings is 3. The molecule has 0 aromatic heterocycles. The maximum Gasteiger partial charge on any atom is 0.258 e. The highest BCUT2D eigenvalue weighted by Crippen LogP contribution is 2.48. The molecule has 1 N–H and O–H groups in total. The van der Waals surface area contributed by atoms with Crippen LogP contribution in [0.2, 0.25) is 0 Å². The van der Waals surface area contributed by atoms with Gasteiger partial charge in [0.1, 0.15) is 11.6 Å². The van der Waals surface area contributed by atoms with Crippen LogP contribution in [0.4, 0.5) is 14.5 Å². The van der Waals surface area contributed by atoms with Gasteiger partial charge in [-0.3, -0.25) is 9.59 Å². The zero-order valence-corrected chi connectivity index (χ0v) is 17.0. The lowest BCUT2D eigenvalue weighted by atomic mass is 9.71. The minimum absolute atomic E-state index is 0.127. The van der Waals surface area contributed by atoms with Crippen LogP contribution in [0.15, 0.2) is 72.8 Å². The number of rotatable bonds is 3. The molecule has 2 aliphatic rings. The Morgan fingerprint density at radius 1 is 0.844 bits per heavy atom. The Hall–Kier alpha value is -3.58. The minimum atomic E-state index is -0.443. The predicted molar refractivity (Wildman–Crippen MR) is 114 cm³/mol. The summed E-state index contributed by atoms with van der Waals surface area (Å²) in [5.41, 5.74) is 2.25. The summed E-state index contributed by atoms with van der Waals surface area (Å²) in [5.74, 6) is -1.61. The van der Waals surface area contributed by atoms with Gasteiger partial charge >= 0.3 is 0 Å². The van der Waals surface area contributed by atoms with Gasteiger partial charge in [0.25, 0.3) is 11.8 Å². The third-order valence-corrected chi connectivity index (χ3v) is 6.35. The predicted octanol–water partition coefficient (Wildman–Crippen LogP) is 3.59. The molecule has 162 valence electrons. The summed E-state index contributed by atoms with van der Waals surface area (Å²) < 4.78 is 26.7. The normalized spacial score (nSPS) is 21.4. The molecule has 2 amide bonds. The standard InChI is InChI=1S/C25H20F2N2O3/c26-17-9-5-15(6-10-17)24(31)28-13-21-23(19-3-1-2-4-20(19)28)22(14-30)29(21)25(32)16-7-11-18(27)12-8-16/h1-12,21-23,30H,13-14H2/t21-,22+,23+/m0/s1. The molecule has 2 aliphatic heterocycles. The molecule has 0 unspecified atom stereocenters. The minimum Gasteiger partial charge on any atom is -0.394 e. The van der Waals surface area contributed by atoms with Crippen molar-refractivity contribution in [3.63, 3.8) is 0 Å². The van der Waals surface area contributed by atoms with Crippen molar-refractivity contribution < 1.29 is 23.5 Å². The lowest BCUT2D eigenvalue weighted by Crippen LogP contribution is -2.70. The van der Waals surface area contributed by atoms with Crippen molar-refractivity contribution >= 4 is 17.5 Å². The SMILES string of the molecule is O=C(c1ccc(F)cc1)N1C[C@H]2[C@@H](c3ccccc31)[C@@H](CO)N2C(=O)c1ccc(F)cc1. The molecule has 3 aromatic carbocycles. The number of nitrogens with zero attached hydrogens (tertiary/aromatic N) is 2. The first kappa shape index (κ1) is 20.3. The van der Waals surface area contributed by atoms with Crippen LogP contribution in [0, 0.1) is 11.6 Å². The van der Waals surface area contributed by atoms with Crippen LogP contribution in [0.5, 0.6) is 0 Å². The Kier molecular flexibility index (Phi) is 4.98. The van der Waals surface area contributed by atoms with Gasteiger partial charge < -0.3 is 14.9 Å². The van der Waals surface area contributed by atoms with Gasteiger partial charge in [0.2, 0.25) is 0 Å². The first-order valence-corrected chi connectivity index (χ1v) is 10.3.